The fraction of sp³-hybridized carbons (Fsp3) is 0.800. The third kappa shape index (κ3) is 17.3. The SMILES string of the molecule is CCNC(=O)O.CCOC(COC(C)=O)NC. The summed E-state index contributed by atoms with van der Waals surface area (Å²) in [7, 11) is 1.75. The van der Waals surface area contributed by atoms with E-state index >= 15 is 0 Å². The van der Waals surface area contributed by atoms with Gasteiger partial charge in [-0.3, -0.25) is 10.1 Å². The third-order valence-electron chi connectivity index (χ3n) is 1.46. The first-order valence-corrected chi connectivity index (χ1v) is 5.36. The molecule has 0 aliphatic heterocycles. The number of hydrogen-bond acceptors (Lipinski definition) is 5. The Morgan fingerprint density at radius 1 is 1.35 bits per heavy atom. The third-order valence-corrected chi connectivity index (χ3v) is 1.46. The lowest BCUT2D eigenvalue weighted by molar-refractivity contribution is -0.145. The quantitative estimate of drug-likeness (QED) is 0.466. The Hall–Kier alpha value is -1.34. The predicted octanol–water partition coefficient (Wildman–Crippen LogP) is 0.405. The Morgan fingerprint density at radius 3 is 2.18 bits per heavy atom. The molecule has 0 radical (unpaired) electrons. The number of likely N-dealkylation sites (N-methyl/N-ethyl adjacent to an activating group) is 1. The molecule has 0 aliphatic carbocycles. The fourth-order valence-corrected chi connectivity index (χ4v) is 0.760. The zero-order valence-electron chi connectivity index (χ0n) is 10.8. The van der Waals surface area contributed by atoms with Gasteiger partial charge in [-0.15, -0.1) is 0 Å². The van der Waals surface area contributed by atoms with Gasteiger partial charge in [0.1, 0.15) is 12.8 Å². The van der Waals surface area contributed by atoms with Crippen LogP contribution in [0.2, 0.25) is 0 Å². The lowest BCUT2D eigenvalue weighted by Gasteiger charge is -2.14. The molecule has 0 rings (SSSR count). The molecule has 0 aromatic rings. The van der Waals surface area contributed by atoms with E-state index in [1.54, 1.807) is 14.0 Å². The first kappa shape index (κ1) is 18.0. The van der Waals surface area contributed by atoms with Crippen molar-refractivity contribution < 1.29 is 24.2 Å². The van der Waals surface area contributed by atoms with Crippen LogP contribution >= 0.6 is 0 Å². The van der Waals surface area contributed by atoms with E-state index in [-0.39, 0.29) is 18.8 Å². The van der Waals surface area contributed by atoms with Crippen LogP contribution in [-0.4, -0.2) is 50.2 Å². The van der Waals surface area contributed by atoms with Crippen LogP contribution in [0.4, 0.5) is 4.79 Å². The van der Waals surface area contributed by atoms with Gasteiger partial charge in [-0.1, -0.05) is 0 Å². The molecule has 7 nitrogen and oxygen atoms in total. The molecule has 3 N–H and O–H groups in total. The van der Waals surface area contributed by atoms with E-state index < -0.39 is 6.09 Å². The molecule has 0 aromatic carbocycles. The van der Waals surface area contributed by atoms with Crippen molar-refractivity contribution in [3.05, 3.63) is 0 Å². The van der Waals surface area contributed by atoms with Crippen LogP contribution in [0, 0.1) is 0 Å². The molecule has 0 saturated carbocycles. The second kappa shape index (κ2) is 12.7. The number of carbonyl (C=O) groups is 2. The van der Waals surface area contributed by atoms with Gasteiger partial charge in [0.05, 0.1) is 0 Å². The number of carboxylic acid groups (broad SMARTS) is 1. The lowest BCUT2D eigenvalue weighted by atomic mass is 10.6. The van der Waals surface area contributed by atoms with Crippen molar-refractivity contribution in [1.82, 2.24) is 10.6 Å². The average molecular weight is 250 g/mol. The first-order chi connectivity index (χ1) is 7.97. The Balaban J connectivity index is 0. The summed E-state index contributed by atoms with van der Waals surface area (Å²) >= 11 is 0. The van der Waals surface area contributed by atoms with Gasteiger partial charge >= 0.3 is 12.1 Å². The summed E-state index contributed by atoms with van der Waals surface area (Å²) < 4.78 is 9.87. The topological polar surface area (TPSA) is 96.9 Å². The molecule has 0 aliphatic rings. The molecule has 0 aromatic heterocycles. The molecule has 17 heavy (non-hydrogen) atoms. The minimum atomic E-state index is -0.961. The van der Waals surface area contributed by atoms with Crippen molar-refractivity contribution in [2.24, 2.45) is 0 Å². The summed E-state index contributed by atoms with van der Waals surface area (Å²) in [5.74, 6) is -0.287. The Kier molecular flexibility index (Phi) is 13.5. The van der Waals surface area contributed by atoms with Crippen LogP contribution in [0.25, 0.3) is 0 Å². The lowest BCUT2D eigenvalue weighted by Crippen LogP contribution is -2.33. The van der Waals surface area contributed by atoms with Crippen LogP contribution in [0.1, 0.15) is 20.8 Å². The number of carbonyl (C=O) groups excluding carboxylic acids is 1. The van der Waals surface area contributed by atoms with Crippen LogP contribution in [-0.2, 0) is 14.3 Å². The van der Waals surface area contributed by atoms with Gasteiger partial charge in [-0.05, 0) is 20.9 Å². The second-order valence-electron chi connectivity index (χ2n) is 2.87. The summed E-state index contributed by atoms with van der Waals surface area (Å²) in [5.41, 5.74) is 0. The molecular weight excluding hydrogens is 228 g/mol. The summed E-state index contributed by atoms with van der Waals surface area (Å²) in [6, 6.07) is 0. The number of rotatable bonds is 6. The van der Waals surface area contributed by atoms with Crippen LogP contribution in [0.5, 0.6) is 0 Å². The zero-order chi connectivity index (χ0) is 13.7. The minimum absolute atomic E-state index is 0.191. The van der Waals surface area contributed by atoms with Crippen LogP contribution < -0.4 is 10.6 Å². The van der Waals surface area contributed by atoms with Crippen molar-refractivity contribution >= 4 is 12.1 Å². The molecule has 0 saturated heterocycles. The van der Waals surface area contributed by atoms with Crippen molar-refractivity contribution in [2.75, 3.05) is 26.8 Å². The molecule has 1 unspecified atom stereocenters. The Morgan fingerprint density at radius 2 is 1.94 bits per heavy atom. The number of hydrogen-bond donors (Lipinski definition) is 3. The van der Waals surface area contributed by atoms with Gasteiger partial charge in [-0.25, -0.2) is 4.79 Å². The van der Waals surface area contributed by atoms with Gasteiger partial charge < -0.3 is 19.9 Å². The molecule has 0 spiro atoms. The van der Waals surface area contributed by atoms with E-state index in [1.807, 2.05) is 6.92 Å². The Bertz CT molecular complexity index is 211. The van der Waals surface area contributed by atoms with E-state index in [2.05, 4.69) is 10.6 Å². The summed E-state index contributed by atoms with van der Waals surface area (Å²) in [4.78, 5) is 19.9. The van der Waals surface area contributed by atoms with Crippen molar-refractivity contribution in [1.29, 1.82) is 0 Å². The second-order valence-corrected chi connectivity index (χ2v) is 2.87. The summed E-state index contributed by atoms with van der Waals surface area (Å²) in [5, 5.41) is 12.8. The highest BCUT2D eigenvalue weighted by Gasteiger charge is 2.05. The minimum Gasteiger partial charge on any atom is -0.465 e. The summed E-state index contributed by atoms with van der Waals surface area (Å²) in [6.07, 6.45) is -1.15. The monoisotopic (exact) mass is 250 g/mol. The van der Waals surface area contributed by atoms with Gasteiger partial charge in [0.15, 0.2) is 0 Å². The van der Waals surface area contributed by atoms with Gasteiger partial charge in [0, 0.05) is 20.1 Å². The first-order valence-electron chi connectivity index (χ1n) is 5.36. The van der Waals surface area contributed by atoms with Gasteiger partial charge in [-0.2, -0.15) is 0 Å². The Labute approximate surface area is 101 Å². The maximum atomic E-state index is 10.4. The summed E-state index contributed by atoms with van der Waals surface area (Å²) in [6.45, 7) is 6.34. The maximum absolute atomic E-state index is 10.4. The molecule has 7 heteroatoms. The van der Waals surface area contributed by atoms with Crippen molar-refractivity contribution in [3.8, 4) is 0 Å². The van der Waals surface area contributed by atoms with E-state index in [0.29, 0.717) is 13.2 Å². The molecule has 0 bridgehead atoms. The van der Waals surface area contributed by atoms with E-state index in [1.165, 1.54) is 6.92 Å². The number of ether oxygens (including phenoxy) is 2. The molecule has 0 heterocycles. The number of amides is 1. The number of nitrogens with one attached hydrogen (secondary N) is 2. The maximum Gasteiger partial charge on any atom is 0.404 e. The average Bonchev–Trinajstić information content (AvgIpc) is 2.24. The molecular formula is C10H22N2O5. The fourth-order valence-electron chi connectivity index (χ4n) is 0.760. The highest BCUT2D eigenvalue weighted by molar-refractivity contribution is 5.65. The molecule has 1 atom stereocenters. The molecule has 102 valence electrons. The zero-order valence-corrected chi connectivity index (χ0v) is 10.8. The molecule has 0 fully saturated rings. The van der Waals surface area contributed by atoms with Gasteiger partial charge in [0.2, 0.25) is 0 Å². The largest absolute Gasteiger partial charge is 0.465 e. The van der Waals surface area contributed by atoms with E-state index in [9.17, 15) is 9.59 Å². The smallest absolute Gasteiger partial charge is 0.404 e. The highest BCUT2D eigenvalue weighted by Crippen LogP contribution is 1.88. The predicted molar refractivity (Wildman–Crippen MR) is 62.8 cm³/mol. The molecule has 1 amide bonds. The van der Waals surface area contributed by atoms with E-state index in [0.717, 1.165) is 0 Å². The number of esters is 1. The van der Waals surface area contributed by atoms with E-state index in [4.69, 9.17) is 14.6 Å². The van der Waals surface area contributed by atoms with Crippen LogP contribution in [0.15, 0.2) is 0 Å². The van der Waals surface area contributed by atoms with Crippen molar-refractivity contribution in [2.45, 2.75) is 27.0 Å². The van der Waals surface area contributed by atoms with Gasteiger partial charge in [0.25, 0.3) is 0 Å². The van der Waals surface area contributed by atoms with Crippen LogP contribution in [0.3, 0.4) is 0 Å². The standard InChI is InChI=1S/C7H15NO3.C3H7NO2/c1-4-10-7(8-3)5-11-6(2)9;1-2-4-3(5)6/h7-8H,4-5H2,1-3H3;4H,2H2,1H3,(H,5,6). The highest BCUT2D eigenvalue weighted by atomic mass is 16.6. The normalized spacial score (nSPS) is 10.8. The van der Waals surface area contributed by atoms with Crippen molar-refractivity contribution in [3.63, 3.8) is 0 Å².